The first kappa shape index (κ1) is 26.0. The Hall–Kier alpha value is -2.61. The Balaban J connectivity index is 0.000000406. The van der Waals surface area contributed by atoms with Crippen LogP contribution in [0.25, 0.3) is 22.3 Å². The molecule has 0 saturated carbocycles. The van der Waals surface area contributed by atoms with E-state index in [1.165, 1.54) is 0 Å². The van der Waals surface area contributed by atoms with Gasteiger partial charge in [0.2, 0.25) is 0 Å². The molecule has 0 amide bonds. The maximum absolute atomic E-state index is 10.7. The number of hydrogen-bond donors (Lipinski definition) is 1. The van der Waals surface area contributed by atoms with Gasteiger partial charge in [-0.3, -0.25) is 0 Å². The van der Waals surface area contributed by atoms with Crippen LogP contribution in [-0.2, 0) is 12.6 Å². The predicted octanol–water partition coefficient (Wildman–Crippen LogP) is 9.85. The molecule has 0 aromatic heterocycles. The third-order valence-electron chi connectivity index (χ3n) is 4.36. The van der Waals surface area contributed by atoms with E-state index in [-0.39, 0.29) is 0 Å². The van der Waals surface area contributed by atoms with Crippen molar-refractivity contribution in [2.24, 2.45) is 0 Å². The maximum atomic E-state index is 9.87. The third-order valence-corrected chi connectivity index (χ3v) is 5.07. The molecule has 0 fully saturated rings. The van der Waals surface area contributed by atoms with Gasteiger partial charge in [-0.05, 0) is 60.2 Å². The van der Waals surface area contributed by atoms with E-state index in [0.717, 1.165) is 43.5 Å². The van der Waals surface area contributed by atoms with E-state index in [4.69, 9.17) is 4.74 Å². The van der Waals surface area contributed by atoms with Crippen molar-refractivity contribution in [2.75, 3.05) is 0 Å². The molecular formula is C24H19F6OPS2. The van der Waals surface area contributed by atoms with E-state index < -0.39 is 7.81 Å². The average Bonchev–Trinajstić information content (AvgIpc) is 2.75. The van der Waals surface area contributed by atoms with Crippen molar-refractivity contribution in [1.29, 1.82) is 0 Å². The summed E-state index contributed by atoms with van der Waals surface area (Å²) in [7, 11) is -10.7. The number of halogens is 6. The maximum Gasteiger partial charge on any atom is 0.159 e. The van der Waals surface area contributed by atoms with Crippen LogP contribution < -0.4 is 4.74 Å². The molecule has 180 valence electrons. The SMILES string of the molecule is F[P-](F)(F)(F)(F)F.Sc1ccc(Oc2ccc([SH2+])c(-c3ccccc3)c2-c2ccccc2)cc1. The number of hydrogen-bond acceptors (Lipinski definition) is 2. The zero-order valence-corrected chi connectivity index (χ0v) is 20.1. The van der Waals surface area contributed by atoms with Crippen LogP contribution in [0, 0.1) is 0 Å². The molecule has 10 heteroatoms. The van der Waals surface area contributed by atoms with Gasteiger partial charge >= 0.3 is 33.0 Å². The molecule has 0 aliphatic rings. The third kappa shape index (κ3) is 8.63. The summed E-state index contributed by atoms with van der Waals surface area (Å²) in [6, 6.07) is 32.4. The Kier molecular flexibility index (Phi) is 7.04. The van der Waals surface area contributed by atoms with Crippen molar-refractivity contribution < 1.29 is 29.9 Å². The molecule has 0 spiro atoms. The van der Waals surface area contributed by atoms with E-state index in [2.05, 4.69) is 61.7 Å². The van der Waals surface area contributed by atoms with Gasteiger partial charge < -0.3 is 4.74 Å². The fraction of sp³-hybridized carbons (Fsp3) is 0. The van der Waals surface area contributed by atoms with Crippen LogP contribution in [0.5, 0.6) is 11.5 Å². The summed E-state index contributed by atoms with van der Waals surface area (Å²) in [6.07, 6.45) is 0. The standard InChI is InChI=1S/C24H18OS2.F6P/c26-20-13-11-19(12-14-20)25-21-15-16-22(27)24(18-9-5-2-6-10-18)23(21)17-7-3-1-4-8-17;1-7(2,3,4,5)6/h1-16,26-27H;/q;-1/p+1. The van der Waals surface area contributed by atoms with Crippen LogP contribution in [0.15, 0.2) is 107 Å². The van der Waals surface area contributed by atoms with Gasteiger partial charge in [-0.2, -0.15) is 0 Å². The van der Waals surface area contributed by atoms with Crippen molar-refractivity contribution in [3.8, 4) is 33.8 Å². The van der Waals surface area contributed by atoms with Crippen LogP contribution in [0.3, 0.4) is 0 Å². The van der Waals surface area contributed by atoms with Crippen molar-refractivity contribution >= 4 is 33.1 Å². The van der Waals surface area contributed by atoms with Gasteiger partial charge in [-0.1, -0.05) is 60.7 Å². The van der Waals surface area contributed by atoms with Crippen molar-refractivity contribution in [1.82, 2.24) is 0 Å². The first-order valence-electron chi connectivity index (χ1n) is 9.70. The van der Waals surface area contributed by atoms with E-state index in [1.54, 1.807) is 0 Å². The second-order valence-electron chi connectivity index (χ2n) is 7.15. The summed E-state index contributed by atoms with van der Waals surface area (Å²) in [5.74, 6) is 1.60. The van der Waals surface area contributed by atoms with Gasteiger partial charge in [0.05, 0.1) is 0 Å². The molecule has 0 unspecified atom stereocenters. The van der Waals surface area contributed by atoms with Gasteiger partial charge in [0.25, 0.3) is 0 Å². The minimum atomic E-state index is -10.7. The second-order valence-corrected chi connectivity index (χ2v) is 10.1. The summed E-state index contributed by atoms with van der Waals surface area (Å²) < 4.78 is 65.5. The summed E-state index contributed by atoms with van der Waals surface area (Å²) in [5, 5.41) is 0. The van der Waals surface area contributed by atoms with Crippen molar-refractivity contribution in [3.63, 3.8) is 0 Å². The minimum Gasteiger partial charge on any atom is -0.457 e. The Bertz CT molecular complexity index is 1250. The van der Waals surface area contributed by atoms with Gasteiger partial charge in [-0.15, -0.1) is 12.6 Å². The van der Waals surface area contributed by atoms with Crippen molar-refractivity contribution in [3.05, 3.63) is 97.1 Å². The molecule has 0 bridgehead atoms. The van der Waals surface area contributed by atoms with E-state index in [0.29, 0.717) is 0 Å². The van der Waals surface area contributed by atoms with Crippen LogP contribution in [0.4, 0.5) is 25.2 Å². The van der Waals surface area contributed by atoms with Crippen molar-refractivity contribution in [2.45, 2.75) is 9.79 Å². The van der Waals surface area contributed by atoms with Gasteiger partial charge in [-0.25, -0.2) is 0 Å². The molecule has 0 N–H and O–H groups in total. The average molecular weight is 533 g/mol. The smallest absolute Gasteiger partial charge is 0.159 e. The number of benzene rings is 4. The summed E-state index contributed by atoms with van der Waals surface area (Å²) in [6.45, 7) is 0. The fourth-order valence-corrected chi connectivity index (χ4v) is 3.61. The number of thiol groups is 1. The van der Waals surface area contributed by atoms with Crippen LogP contribution in [0.1, 0.15) is 0 Å². The number of rotatable bonds is 4. The van der Waals surface area contributed by atoms with Crippen LogP contribution >= 0.6 is 20.4 Å². The predicted molar refractivity (Wildman–Crippen MR) is 133 cm³/mol. The normalized spacial score (nSPS) is 13.2. The molecule has 0 atom stereocenters. The second kappa shape index (κ2) is 9.21. The van der Waals surface area contributed by atoms with Gasteiger partial charge in [0.1, 0.15) is 11.5 Å². The van der Waals surface area contributed by atoms with E-state index >= 15 is 0 Å². The molecule has 34 heavy (non-hydrogen) atoms. The zero-order chi connectivity index (χ0) is 25.0. The van der Waals surface area contributed by atoms with Crippen LogP contribution in [-0.4, -0.2) is 0 Å². The Labute approximate surface area is 203 Å². The molecular weight excluding hydrogens is 513 g/mol. The Morgan fingerprint density at radius 3 is 1.50 bits per heavy atom. The quantitative estimate of drug-likeness (QED) is 0.119. The largest absolute Gasteiger partial charge is 0.457 e. The monoisotopic (exact) mass is 532 g/mol. The molecule has 4 aromatic rings. The zero-order valence-electron chi connectivity index (χ0n) is 17.3. The molecule has 0 radical (unpaired) electrons. The molecule has 0 aliphatic heterocycles. The minimum absolute atomic E-state index is 0.783. The molecule has 4 aromatic carbocycles. The molecule has 0 aliphatic carbocycles. The Morgan fingerprint density at radius 1 is 0.588 bits per heavy atom. The molecule has 0 saturated heterocycles. The van der Waals surface area contributed by atoms with Gasteiger partial charge in [0.15, 0.2) is 4.90 Å². The van der Waals surface area contributed by atoms with E-state index in [9.17, 15) is 25.2 Å². The van der Waals surface area contributed by atoms with Crippen LogP contribution in [0.2, 0.25) is 0 Å². The summed E-state index contributed by atoms with van der Waals surface area (Å²) >= 11 is 8.15. The molecule has 0 heterocycles. The first-order valence-corrected chi connectivity index (χ1v) is 12.7. The number of ether oxygens (including phenoxy) is 1. The molecule has 4 rings (SSSR count). The summed E-state index contributed by atoms with van der Waals surface area (Å²) in [5.41, 5.74) is 4.42. The first-order chi connectivity index (χ1) is 15.7. The van der Waals surface area contributed by atoms with E-state index in [1.807, 2.05) is 60.7 Å². The Morgan fingerprint density at radius 2 is 1.03 bits per heavy atom. The van der Waals surface area contributed by atoms with Gasteiger partial charge in [0, 0.05) is 16.0 Å². The summed E-state index contributed by atoms with van der Waals surface area (Å²) in [4.78, 5) is 1.93. The molecule has 1 nitrogen and oxygen atoms in total. The fourth-order valence-electron chi connectivity index (χ4n) is 3.11. The topological polar surface area (TPSA) is 9.23 Å².